The summed E-state index contributed by atoms with van der Waals surface area (Å²) in [4.78, 5) is 8.04. The highest BCUT2D eigenvalue weighted by Gasteiger charge is 2.23. The first-order valence-electron chi connectivity index (χ1n) is 4.99. The van der Waals surface area contributed by atoms with Gasteiger partial charge in [-0.1, -0.05) is 0 Å². The Bertz CT molecular complexity index is 618. The number of hydrogen-bond donors (Lipinski definition) is 0. The van der Waals surface area contributed by atoms with Crippen LogP contribution in [0.15, 0.2) is 10.7 Å². The van der Waals surface area contributed by atoms with Gasteiger partial charge in [0.1, 0.15) is 5.52 Å². The van der Waals surface area contributed by atoms with E-state index in [0.29, 0.717) is 23.1 Å². The molecule has 0 fully saturated rings. The normalized spacial score (nSPS) is 14.1. The Morgan fingerprint density at radius 1 is 1.41 bits per heavy atom. The van der Waals surface area contributed by atoms with E-state index in [-0.39, 0.29) is 11.5 Å². The maximum atomic E-state index is 14.1. The van der Waals surface area contributed by atoms with Crippen LogP contribution in [0.1, 0.15) is 11.1 Å². The van der Waals surface area contributed by atoms with Crippen molar-refractivity contribution in [2.45, 2.75) is 13.2 Å². The molecular formula is C11H8BrFN2O2. The maximum absolute atomic E-state index is 14.1. The molecule has 0 saturated heterocycles. The van der Waals surface area contributed by atoms with Crippen molar-refractivity contribution in [3.63, 3.8) is 0 Å². The largest absolute Gasteiger partial charge is 0.467 e. The first-order chi connectivity index (χ1) is 8.22. The fourth-order valence-corrected chi connectivity index (χ4v) is 2.50. The monoisotopic (exact) mass is 298 g/mol. The van der Waals surface area contributed by atoms with Crippen LogP contribution < -0.4 is 4.74 Å². The molecular weight excluding hydrogens is 291 g/mol. The second kappa shape index (κ2) is 3.89. The first-order valence-corrected chi connectivity index (χ1v) is 5.79. The molecule has 1 aromatic carbocycles. The van der Waals surface area contributed by atoms with Gasteiger partial charge < -0.3 is 9.47 Å². The lowest BCUT2D eigenvalue weighted by Gasteiger charge is -2.08. The van der Waals surface area contributed by atoms with Gasteiger partial charge in [0, 0.05) is 17.1 Å². The van der Waals surface area contributed by atoms with E-state index in [9.17, 15) is 4.39 Å². The van der Waals surface area contributed by atoms with Crippen molar-refractivity contribution in [3.8, 4) is 6.01 Å². The van der Waals surface area contributed by atoms with Gasteiger partial charge in [-0.2, -0.15) is 4.98 Å². The second-order valence-corrected chi connectivity index (χ2v) is 4.49. The molecule has 1 aliphatic heterocycles. The predicted octanol–water partition coefficient (Wildman–Crippen LogP) is 2.57. The zero-order valence-corrected chi connectivity index (χ0v) is 10.5. The highest BCUT2D eigenvalue weighted by Crippen LogP contribution is 2.36. The van der Waals surface area contributed by atoms with Crippen LogP contribution in [0.5, 0.6) is 6.01 Å². The highest BCUT2D eigenvalue weighted by atomic mass is 79.9. The summed E-state index contributed by atoms with van der Waals surface area (Å²) in [5, 5.41) is 0.680. The lowest BCUT2D eigenvalue weighted by atomic mass is 10.1. The SMILES string of the molecule is COc1ncc2c3c(c(Br)c(F)c2n1)COC3. The van der Waals surface area contributed by atoms with Crippen molar-refractivity contribution >= 4 is 26.8 Å². The molecule has 0 bridgehead atoms. The number of methoxy groups -OCH3 is 1. The quantitative estimate of drug-likeness (QED) is 0.812. The van der Waals surface area contributed by atoms with E-state index < -0.39 is 5.82 Å². The van der Waals surface area contributed by atoms with Gasteiger partial charge in [-0.05, 0) is 21.5 Å². The Kier molecular flexibility index (Phi) is 2.48. The summed E-state index contributed by atoms with van der Waals surface area (Å²) < 4.78 is 24.8. The maximum Gasteiger partial charge on any atom is 0.316 e. The van der Waals surface area contributed by atoms with Gasteiger partial charge in [0.25, 0.3) is 0 Å². The number of fused-ring (bicyclic) bond motifs is 3. The van der Waals surface area contributed by atoms with Crippen LogP contribution in [-0.4, -0.2) is 17.1 Å². The fraction of sp³-hybridized carbons (Fsp3) is 0.273. The van der Waals surface area contributed by atoms with Crippen LogP contribution in [0.4, 0.5) is 4.39 Å². The Labute approximate surface area is 105 Å². The van der Waals surface area contributed by atoms with E-state index >= 15 is 0 Å². The smallest absolute Gasteiger partial charge is 0.316 e. The van der Waals surface area contributed by atoms with Crippen molar-refractivity contribution in [1.82, 2.24) is 9.97 Å². The number of halogens is 2. The summed E-state index contributed by atoms with van der Waals surface area (Å²) in [5.74, 6) is -0.398. The predicted molar refractivity (Wildman–Crippen MR) is 62.2 cm³/mol. The third-order valence-electron chi connectivity index (χ3n) is 2.80. The minimum absolute atomic E-state index is 0.155. The molecule has 1 aliphatic rings. The summed E-state index contributed by atoms with van der Waals surface area (Å²) in [7, 11) is 1.45. The summed E-state index contributed by atoms with van der Waals surface area (Å²) in [6.07, 6.45) is 1.57. The van der Waals surface area contributed by atoms with E-state index in [4.69, 9.17) is 9.47 Å². The van der Waals surface area contributed by atoms with Gasteiger partial charge >= 0.3 is 6.01 Å². The molecule has 0 N–H and O–H groups in total. The molecule has 4 nitrogen and oxygen atoms in total. The van der Waals surface area contributed by atoms with Gasteiger partial charge in [-0.25, -0.2) is 9.37 Å². The summed E-state index contributed by atoms with van der Waals surface area (Å²) >= 11 is 3.24. The van der Waals surface area contributed by atoms with Crippen LogP contribution >= 0.6 is 15.9 Å². The number of hydrogen-bond acceptors (Lipinski definition) is 4. The molecule has 2 aromatic rings. The number of aromatic nitrogens is 2. The van der Waals surface area contributed by atoms with Gasteiger partial charge in [0.2, 0.25) is 0 Å². The zero-order valence-electron chi connectivity index (χ0n) is 8.96. The third-order valence-corrected chi connectivity index (χ3v) is 3.62. The summed E-state index contributed by atoms with van der Waals surface area (Å²) in [6.45, 7) is 0.870. The topological polar surface area (TPSA) is 44.2 Å². The van der Waals surface area contributed by atoms with E-state index in [1.54, 1.807) is 6.20 Å². The highest BCUT2D eigenvalue weighted by molar-refractivity contribution is 9.10. The average Bonchev–Trinajstić information content (AvgIpc) is 2.84. The van der Waals surface area contributed by atoms with Crippen LogP contribution in [0.25, 0.3) is 10.9 Å². The molecule has 0 spiro atoms. The second-order valence-electron chi connectivity index (χ2n) is 3.70. The summed E-state index contributed by atoms with van der Waals surface area (Å²) in [6, 6.07) is 0.155. The number of nitrogens with zero attached hydrogens (tertiary/aromatic N) is 2. The molecule has 0 saturated carbocycles. The Morgan fingerprint density at radius 2 is 2.18 bits per heavy atom. The molecule has 3 rings (SSSR count). The molecule has 0 atom stereocenters. The first kappa shape index (κ1) is 10.9. The molecule has 2 heterocycles. The fourth-order valence-electron chi connectivity index (χ4n) is 1.95. The summed E-state index contributed by atoms with van der Waals surface area (Å²) in [5.41, 5.74) is 2.03. The van der Waals surface area contributed by atoms with Crippen molar-refractivity contribution < 1.29 is 13.9 Å². The number of ether oxygens (including phenoxy) is 2. The lowest BCUT2D eigenvalue weighted by molar-refractivity contribution is 0.134. The van der Waals surface area contributed by atoms with Crippen molar-refractivity contribution in [1.29, 1.82) is 0 Å². The van der Waals surface area contributed by atoms with Crippen LogP contribution in [0, 0.1) is 5.82 Å². The van der Waals surface area contributed by atoms with Gasteiger partial charge in [0.15, 0.2) is 5.82 Å². The van der Waals surface area contributed by atoms with Crippen LogP contribution in [-0.2, 0) is 18.0 Å². The standard InChI is InChI=1S/C11H8BrFN2O2/c1-16-11-14-2-5-6-3-17-4-7(6)8(12)9(13)10(5)15-11/h2H,3-4H2,1H3. The third kappa shape index (κ3) is 1.51. The number of rotatable bonds is 1. The van der Waals surface area contributed by atoms with E-state index in [1.165, 1.54) is 7.11 Å². The van der Waals surface area contributed by atoms with Crippen molar-refractivity contribution in [3.05, 3.63) is 27.6 Å². The lowest BCUT2D eigenvalue weighted by Crippen LogP contribution is -1.98. The molecule has 1 aromatic heterocycles. The Morgan fingerprint density at radius 3 is 2.94 bits per heavy atom. The molecule has 0 aliphatic carbocycles. The minimum atomic E-state index is -0.398. The van der Waals surface area contributed by atoms with Crippen LogP contribution in [0.3, 0.4) is 0 Å². The Hall–Kier alpha value is -1.27. The number of benzene rings is 1. The Balaban J connectivity index is 2.41. The average molecular weight is 299 g/mol. The minimum Gasteiger partial charge on any atom is -0.467 e. The molecule has 88 valence electrons. The van der Waals surface area contributed by atoms with E-state index in [0.717, 1.165) is 11.1 Å². The molecule has 0 unspecified atom stereocenters. The van der Waals surface area contributed by atoms with Gasteiger partial charge in [-0.15, -0.1) is 0 Å². The zero-order chi connectivity index (χ0) is 12.0. The molecule has 0 amide bonds. The van der Waals surface area contributed by atoms with E-state index in [2.05, 4.69) is 25.9 Å². The van der Waals surface area contributed by atoms with Crippen molar-refractivity contribution in [2.75, 3.05) is 7.11 Å². The molecule has 17 heavy (non-hydrogen) atoms. The van der Waals surface area contributed by atoms with Crippen LogP contribution in [0.2, 0.25) is 0 Å². The van der Waals surface area contributed by atoms with Gasteiger partial charge in [0.05, 0.1) is 24.8 Å². The molecule has 6 heteroatoms. The van der Waals surface area contributed by atoms with Gasteiger partial charge in [-0.3, -0.25) is 0 Å². The molecule has 0 radical (unpaired) electrons. The van der Waals surface area contributed by atoms with E-state index in [1.807, 2.05) is 0 Å². The van der Waals surface area contributed by atoms with Crippen molar-refractivity contribution in [2.24, 2.45) is 0 Å².